The molecule has 2 heterocycles. The van der Waals surface area contributed by atoms with Crippen molar-refractivity contribution in [2.75, 3.05) is 0 Å². The number of benzene rings is 8. The van der Waals surface area contributed by atoms with Crippen LogP contribution in [-0.4, -0.2) is 9.97 Å². The fourth-order valence-corrected chi connectivity index (χ4v) is 10.1. The molecular formula is C52H34N2S. The predicted molar refractivity (Wildman–Crippen MR) is 232 cm³/mol. The lowest BCUT2D eigenvalue weighted by molar-refractivity contribution is 0.714. The summed E-state index contributed by atoms with van der Waals surface area (Å²) in [4.78, 5) is 10.7. The number of thiophene rings is 1. The second-order valence-electron chi connectivity index (χ2n) is 14.6. The first-order valence-electron chi connectivity index (χ1n) is 18.8. The summed E-state index contributed by atoms with van der Waals surface area (Å²) < 4.78 is 2.53. The molecule has 0 amide bonds. The van der Waals surface area contributed by atoms with Crippen molar-refractivity contribution in [1.82, 2.24) is 9.97 Å². The Balaban J connectivity index is 1.10. The van der Waals surface area contributed by atoms with Crippen LogP contribution < -0.4 is 0 Å². The first kappa shape index (κ1) is 31.8. The van der Waals surface area contributed by atoms with Crippen LogP contribution in [0.2, 0.25) is 0 Å². The van der Waals surface area contributed by atoms with Gasteiger partial charge in [-0.05, 0) is 80.9 Å². The SMILES string of the molecule is CC1(c2ccccc2)c2ccccc2-c2ccc(-c3ccc(-c4nc(-c5ccccc5)cc(-c5cccc6c5sc5ccccc56)n4)c4ccccc34)cc21. The van der Waals surface area contributed by atoms with Gasteiger partial charge in [0.25, 0.3) is 0 Å². The van der Waals surface area contributed by atoms with E-state index in [1.165, 1.54) is 64.5 Å². The number of rotatable bonds is 5. The average Bonchev–Trinajstić information content (AvgIpc) is 3.77. The second kappa shape index (κ2) is 12.4. The lowest BCUT2D eigenvalue weighted by atomic mass is 9.74. The Morgan fingerprint density at radius 3 is 1.84 bits per heavy atom. The van der Waals surface area contributed by atoms with Gasteiger partial charge in [-0.1, -0.05) is 164 Å². The Morgan fingerprint density at radius 2 is 1.00 bits per heavy atom. The molecule has 1 atom stereocenters. The van der Waals surface area contributed by atoms with E-state index in [0.29, 0.717) is 0 Å². The number of fused-ring (bicyclic) bond motifs is 7. The molecule has 3 heteroatoms. The molecule has 8 aromatic carbocycles. The highest BCUT2D eigenvalue weighted by Gasteiger charge is 2.40. The van der Waals surface area contributed by atoms with E-state index in [2.05, 4.69) is 195 Å². The van der Waals surface area contributed by atoms with Gasteiger partial charge < -0.3 is 0 Å². The Kier molecular flexibility index (Phi) is 7.20. The summed E-state index contributed by atoms with van der Waals surface area (Å²) in [5.74, 6) is 0.721. The molecule has 11 rings (SSSR count). The molecule has 0 radical (unpaired) electrons. The predicted octanol–water partition coefficient (Wildman–Crippen LogP) is 14.0. The molecule has 0 bridgehead atoms. The van der Waals surface area contributed by atoms with Crippen LogP contribution >= 0.6 is 11.3 Å². The van der Waals surface area contributed by atoms with Crippen molar-refractivity contribution in [2.45, 2.75) is 12.3 Å². The van der Waals surface area contributed by atoms with Crippen molar-refractivity contribution in [3.63, 3.8) is 0 Å². The molecule has 2 nitrogen and oxygen atoms in total. The van der Waals surface area contributed by atoms with Crippen LogP contribution in [0.3, 0.4) is 0 Å². The fourth-order valence-electron chi connectivity index (χ4n) is 8.90. The van der Waals surface area contributed by atoms with Gasteiger partial charge in [-0.2, -0.15) is 0 Å². The van der Waals surface area contributed by atoms with Gasteiger partial charge >= 0.3 is 0 Å². The first-order valence-corrected chi connectivity index (χ1v) is 19.6. The summed E-state index contributed by atoms with van der Waals surface area (Å²) in [5.41, 5.74) is 13.8. The summed E-state index contributed by atoms with van der Waals surface area (Å²) in [5, 5.41) is 4.85. The molecule has 0 spiro atoms. The van der Waals surface area contributed by atoms with E-state index >= 15 is 0 Å². The van der Waals surface area contributed by atoms with E-state index in [4.69, 9.17) is 9.97 Å². The molecule has 0 aliphatic heterocycles. The maximum Gasteiger partial charge on any atom is 0.161 e. The molecule has 55 heavy (non-hydrogen) atoms. The zero-order chi connectivity index (χ0) is 36.5. The van der Waals surface area contributed by atoms with Crippen molar-refractivity contribution < 1.29 is 0 Å². The molecule has 1 aliphatic carbocycles. The summed E-state index contributed by atoms with van der Waals surface area (Å²) in [6.07, 6.45) is 0. The minimum Gasteiger partial charge on any atom is -0.228 e. The molecule has 2 aromatic heterocycles. The number of aromatic nitrogens is 2. The number of nitrogens with zero attached hydrogens (tertiary/aromatic N) is 2. The molecule has 1 aliphatic rings. The normalized spacial score (nSPS) is 14.7. The van der Waals surface area contributed by atoms with Gasteiger partial charge in [0.2, 0.25) is 0 Å². The third-order valence-corrected chi connectivity index (χ3v) is 12.8. The Bertz CT molecular complexity index is 3110. The number of hydrogen-bond acceptors (Lipinski definition) is 3. The molecule has 10 aromatic rings. The van der Waals surface area contributed by atoms with E-state index in [9.17, 15) is 0 Å². The van der Waals surface area contributed by atoms with E-state index in [-0.39, 0.29) is 5.41 Å². The third kappa shape index (κ3) is 4.94. The summed E-state index contributed by atoms with van der Waals surface area (Å²) >= 11 is 1.83. The molecular weight excluding hydrogens is 685 g/mol. The molecule has 258 valence electrons. The van der Waals surface area contributed by atoms with Crippen LogP contribution in [0.15, 0.2) is 188 Å². The lowest BCUT2D eigenvalue weighted by Crippen LogP contribution is -2.22. The second-order valence-corrected chi connectivity index (χ2v) is 15.7. The monoisotopic (exact) mass is 718 g/mol. The zero-order valence-electron chi connectivity index (χ0n) is 30.2. The third-order valence-electron chi connectivity index (χ3n) is 11.6. The van der Waals surface area contributed by atoms with Gasteiger partial charge in [-0.15, -0.1) is 11.3 Å². The molecule has 0 saturated carbocycles. The quantitative estimate of drug-likeness (QED) is 0.177. The van der Waals surface area contributed by atoms with Crippen molar-refractivity contribution in [3.8, 4) is 56.2 Å². The Morgan fingerprint density at radius 1 is 0.400 bits per heavy atom. The van der Waals surface area contributed by atoms with Crippen LogP contribution in [-0.2, 0) is 5.41 Å². The van der Waals surface area contributed by atoms with E-state index in [0.717, 1.165) is 39.3 Å². The van der Waals surface area contributed by atoms with Gasteiger partial charge in [0.05, 0.1) is 11.4 Å². The van der Waals surface area contributed by atoms with Crippen molar-refractivity contribution in [2.24, 2.45) is 0 Å². The highest BCUT2D eigenvalue weighted by atomic mass is 32.1. The minimum absolute atomic E-state index is 0.266. The van der Waals surface area contributed by atoms with E-state index in [1.54, 1.807) is 0 Å². The van der Waals surface area contributed by atoms with Gasteiger partial charge in [-0.3, -0.25) is 0 Å². The summed E-state index contributed by atoms with van der Waals surface area (Å²) in [6.45, 7) is 2.38. The number of hydrogen-bond donors (Lipinski definition) is 0. The molecule has 0 fully saturated rings. The highest BCUT2D eigenvalue weighted by molar-refractivity contribution is 7.26. The standard InChI is InChI=1S/C52H34N2S/c1-52(35-17-6-3-7-18-35)45-25-12-10-21-39(45)40-28-27-34(31-46(40)52)36-29-30-43(38-20-9-8-19-37(36)38)51-53-47(33-15-4-2-5-16-33)32-48(54-51)44-24-14-23-42-41-22-11-13-26-49(41)55-50(42)44/h2-32H,1H3. The molecule has 0 N–H and O–H groups in total. The minimum atomic E-state index is -0.266. The maximum absolute atomic E-state index is 5.39. The lowest BCUT2D eigenvalue weighted by Gasteiger charge is -2.28. The van der Waals surface area contributed by atoms with Crippen LogP contribution in [0.25, 0.3) is 87.1 Å². The van der Waals surface area contributed by atoms with Crippen molar-refractivity contribution in [3.05, 3.63) is 205 Å². The topological polar surface area (TPSA) is 25.8 Å². The van der Waals surface area contributed by atoms with Gasteiger partial charge in [0.1, 0.15) is 0 Å². The fraction of sp³-hybridized carbons (Fsp3) is 0.0385. The molecule has 0 saturated heterocycles. The molecule has 1 unspecified atom stereocenters. The van der Waals surface area contributed by atoms with Crippen molar-refractivity contribution in [1.29, 1.82) is 0 Å². The van der Waals surface area contributed by atoms with Crippen LogP contribution in [0.5, 0.6) is 0 Å². The summed E-state index contributed by atoms with van der Waals surface area (Å²) in [7, 11) is 0. The van der Waals surface area contributed by atoms with Crippen LogP contribution in [0.4, 0.5) is 0 Å². The Labute approximate surface area is 324 Å². The van der Waals surface area contributed by atoms with Crippen molar-refractivity contribution >= 4 is 42.3 Å². The van der Waals surface area contributed by atoms with Crippen LogP contribution in [0, 0.1) is 0 Å². The van der Waals surface area contributed by atoms with E-state index in [1.807, 2.05) is 11.3 Å². The Hall–Kier alpha value is -6.68. The van der Waals surface area contributed by atoms with Crippen LogP contribution in [0.1, 0.15) is 23.6 Å². The van der Waals surface area contributed by atoms with Gasteiger partial charge in [0.15, 0.2) is 5.82 Å². The van der Waals surface area contributed by atoms with Gasteiger partial charge in [0, 0.05) is 42.3 Å². The largest absolute Gasteiger partial charge is 0.228 e. The highest BCUT2D eigenvalue weighted by Crippen LogP contribution is 2.53. The van der Waals surface area contributed by atoms with Gasteiger partial charge in [-0.25, -0.2) is 9.97 Å². The summed E-state index contributed by atoms with van der Waals surface area (Å²) in [6, 6.07) is 68.0. The smallest absolute Gasteiger partial charge is 0.161 e. The van der Waals surface area contributed by atoms with E-state index < -0.39 is 0 Å². The average molecular weight is 719 g/mol. The first-order chi connectivity index (χ1) is 27.1. The maximum atomic E-state index is 5.39. The zero-order valence-corrected chi connectivity index (χ0v) is 31.0.